The van der Waals surface area contributed by atoms with Crippen LogP contribution >= 0.6 is 15.6 Å². The highest BCUT2D eigenvalue weighted by molar-refractivity contribution is 7.47. The summed E-state index contributed by atoms with van der Waals surface area (Å²) in [6, 6.07) is 0. The van der Waals surface area contributed by atoms with Crippen LogP contribution in [0.25, 0.3) is 0 Å². The molecule has 0 heterocycles. The highest BCUT2D eigenvalue weighted by atomic mass is 31.2. The molecule has 0 saturated heterocycles. The molecule has 19 heteroatoms. The number of esters is 4. The molecule has 522 valence electrons. The van der Waals surface area contributed by atoms with Crippen molar-refractivity contribution in [2.24, 2.45) is 5.92 Å². The Balaban J connectivity index is 5.20. The first-order chi connectivity index (χ1) is 42.6. The number of carbonyl (C=O) groups excluding carboxylic acids is 4. The largest absolute Gasteiger partial charge is 0.472 e. The number of hydrogen-bond donors (Lipinski definition) is 3. The first kappa shape index (κ1) is 86.1. The summed E-state index contributed by atoms with van der Waals surface area (Å²) in [5.41, 5.74) is 0. The summed E-state index contributed by atoms with van der Waals surface area (Å²) >= 11 is 0. The van der Waals surface area contributed by atoms with Gasteiger partial charge in [-0.3, -0.25) is 37.3 Å². The Hall–Kier alpha value is -1.94. The summed E-state index contributed by atoms with van der Waals surface area (Å²) in [4.78, 5) is 72.4. The van der Waals surface area contributed by atoms with Crippen molar-refractivity contribution in [1.82, 2.24) is 0 Å². The van der Waals surface area contributed by atoms with Crippen LogP contribution in [-0.2, 0) is 65.4 Å². The van der Waals surface area contributed by atoms with E-state index in [9.17, 15) is 43.2 Å². The quantitative estimate of drug-likeness (QED) is 0.0222. The molecule has 0 radical (unpaired) electrons. The van der Waals surface area contributed by atoms with Gasteiger partial charge in [-0.2, -0.15) is 0 Å². The van der Waals surface area contributed by atoms with Gasteiger partial charge in [0.15, 0.2) is 12.2 Å². The van der Waals surface area contributed by atoms with Gasteiger partial charge in [0.05, 0.1) is 26.4 Å². The molecule has 88 heavy (non-hydrogen) atoms. The van der Waals surface area contributed by atoms with Gasteiger partial charge in [0.25, 0.3) is 0 Å². The third kappa shape index (κ3) is 61.6. The van der Waals surface area contributed by atoms with Gasteiger partial charge in [-0.15, -0.1) is 0 Å². The predicted octanol–water partition coefficient (Wildman–Crippen LogP) is 19.7. The Kier molecular flexibility index (Phi) is 61.1. The number of phosphoric ester groups is 2. The zero-order valence-electron chi connectivity index (χ0n) is 56.9. The lowest BCUT2D eigenvalue weighted by molar-refractivity contribution is -0.161. The maximum Gasteiger partial charge on any atom is 0.472 e. The van der Waals surface area contributed by atoms with E-state index >= 15 is 0 Å². The molecule has 3 N–H and O–H groups in total. The number of aliphatic hydroxyl groups excluding tert-OH is 1. The maximum absolute atomic E-state index is 13.0. The Morgan fingerprint density at radius 2 is 0.545 bits per heavy atom. The van der Waals surface area contributed by atoms with Crippen LogP contribution in [0.15, 0.2) is 0 Å². The smallest absolute Gasteiger partial charge is 0.462 e. The number of rotatable bonds is 69. The molecule has 0 aromatic heterocycles. The minimum atomic E-state index is -4.95. The van der Waals surface area contributed by atoms with Crippen LogP contribution in [0.4, 0.5) is 0 Å². The molecule has 0 aromatic rings. The second kappa shape index (κ2) is 62.5. The highest BCUT2D eigenvalue weighted by Gasteiger charge is 2.30. The minimum absolute atomic E-state index is 0.107. The van der Waals surface area contributed by atoms with E-state index < -0.39 is 97.5 Å². The van der Waals surface area contributed by atoms with Crippen molar-refractivity contribution in [2.75, 3.05) is 39.6 Å². The van der Waals surface area contributed by atoms with Crippen molar-refractivity contribution in [3.63, 3.8) is 0 Å². The Morgan fingerprint density at radius 3 is 0.807 bits per heavy atom. The Morgan fingerprint density at radius 1 is 0.318 bits per heavy atom. The lowest BCUT2D eigenvalue weighted by Gasteiger charge is -2.21. The normalized spacial score (nSPS) is 14.4. The van der Waals surface area contributed by atoms with Crippen LogP contribution in [-0.4, -0.2) is 96.7 Å². The summed E-state index contributed by atoms with van der Waals surface area (Å²) in [6.07, 6.45) is 48.6. The van der Waals surface area contributed by atoms with Crippen LogP contribution in [0.3, 0.4) is 0 Å². The Bertz CT molecular complexity index is 1710. The number of unbranched alkanes of at least 4 members (excludes halogenated alkanes) is 40. The number of carbonyl (C=O) groups is 4. The second-order valence-electron chi connectivity index (χ2n) is 25.2. The molecule has 3 unspecified atom stereocenters. The fourth-order valence-corrected chi connectivity index (χ4v) is 12.0. The average molecular weight is 1300 g/mol. The highest BCUT2D eigenvalue weighted by Crippen LogP contribution is 2.45. The summed E-state index contributed by atoms with van der Waals surface area (Å²) in [5, 5.41) is 10.6. The molecule has 0 aliphatic rings. The van der Waals surface area contributed by atoms with Gasteiger partial charge in [0.2, 0.25) is 0 Å². The van der Waals surface area contributed by atoms with E-state index in [2.05, 4.69) is 34.6 Å². The van der Waals surface area contributed by atoms with Gasteiger partial charge >= 0.3 is 39.5 Å². The van der Waals surface area contributed by atoms with E-state index in [4.69, 9.17) is 37.0 Å². The zero-order chi connectivity index (χ0) is 64.9. The van der Waals surface area contributed by atoms with Gasteiger partial charge in [0.1, 0.15) is 19.3 Å². The van der Waals surface area contributed by atoms with E-state index in [1.165, 1.54) is 167 Å². The molecule has 0 bridgehead atoms. The molecule has 6 atom stereocenters. The lowest BCUT2D eigenvalue weighted by atomic mass is 9.99. The van der Waals surface area contributed by atoms with Crippen LogP contribution in [0.5, 0.6) is 0 Å². The molecule has 17 nitrogen and oxygen atoms in total. The topological polar surface area (TPSA) is 237 Å². The van der Waals surface area contributed by atoms with E-state index in [1.54, 1.807) is 0 Å². The maximum atomic E-state index is 13.0. The summed E-state index contributed by atoms with van der Waals surface area (Å²) in [5.74, 6) is -1.35. The van der Waals surface area contributed by atoms with Gasteiger partial charge in [-0.25, -0.2) is 9.13 Å². The number of aliphatic hydroxyl groups is 1. The van der Waals surface area contributed by atoms with Crippen molar-refractivity contribution in [2.45, 2.75) is 374 Å². The molecule has 0 fully saturated rings. The minimum Gasteiger partial charge on any atom is -0.462 e. The fraction of sp³-hybridized carbons (Fsp3) is 0.942. The summed E-state index contributed by atoms with van der Waals surface area (Å²) in [6.45, 7) is 7.20. The zero-order valence-corrected chi connectivity index (χ0v) is 58.6. The van der Waals surface area contributed by atoms with Gasteiger partial charge in [-0.1, -0.05) is 304 Å². The van der Waals surface area contributed by atoms with Crippen LogP contribution < -0.4 is 0 Å². The van der Waals surface area contributed by atoms with Crippen molar-refractivity contribution >= 4 is 39.5 Å². The molecule has 0 aliphatic carbocycles. The SMILES string of the molecule is CCCCCCCCCCCCCCCCCCCC(=O)O[C@H](COC(=O)CCCCCCCCCCC(C)CC)COP(=O)(O)OC[C@@H](O)COP(=O)(O)OC[C@@H](COC(=O)CCCCCCCCC)OC(=O)CCCCCCCCCCCCCC. The first-order valence-corrected chi connectivity index (χ1v) is 39.2. The first-order valence-electron chi connectivity index (χ1n) is 36.2. The number of hydrogen-bond acceptors (Lipinski definition) is 15. The number of ether oxygens (including phenoxy) is 4. The molecule has 0 rings (SSSR count). The van der Waals surface area contributed by atoms with Crippen molar-refractivity contribution < 1.29 is 80.2 Å². The number of phosphoric acid groups is 2. The second-order valence-corrected chi connectivity index (χ2v) is 28.1. The average Bonchev–Trinajstić information content (AvgIpc) is 3.69. The molecular formula is C69H134O17P2. The summed E-state index contributed by atoms with van der Waals surface area (Å²) in [7, 11) is -9.89. The van der Waals surface area contributed by atoms with E-state index in [0.29, 0.717) is 25.7 Å². The lowest BCUT2D eigenvalue weighted by Crippen LogP contribution is -2.30. The van der Waals surface area contributed by atoms with Crippen LogP contribution in [0, 0.1) is 5.92 Å². The molecule has 0 amide bonds. The van der Waals surface area contributed by atoms with Crippen molar-refractivity contribution in [3.8, 4) is 0 Å². The predicted molar refractivity (Wildman–Crippen MR) is 354 cm³/mol. The van der Waals surface area contributed by atoms with E-state index in [1.807, 2.05) is 0 Å². The van der Waals surface area contributed by atoms with E-state index in [-0.39, 0.29) is 25.7 Å². The van der Waals surface area contributed by atoms with Gasteiger partial charge in [0, 0.05) is 25.7 Å². The van der Waals surface area contributed by atoms with E-state index in [0.717, 1.165) is 109 Å². The fourth-order valence-electron chi connectivity index (χ4n) is 10.4. The summed E-state index contributed by atoms with van der Waals surface area (Å²) < 4.78 is 68.1. The van der Waals surface area contributed by atoms with Crippen LogP contribution in [0.1, 0.15) is 356 Å². The van der Waals surface area contributed by atoms with Gasteiger partial charge in [-0.05, 0) is 31.6 Å². The molecule has 0 spiro atoms. The molecule has 0 aliphatic heterocycles. The molecule has 0 aromatic carbocycles. The van der Waals surface area contributed by atoms with Crippen molar-refractivity contribution in [1.29, 1.82) is 0 Å². The van der Waals surface area contributed by atoms with Gasteiger partial charge < -0.3 is 33.8 Å². The third-order valence-electron chi connectivity index (χ3n) is 16.4. The Labute approximate surface area is 537 Å². The van der Waals surface area contributed by atoms with Crippen molar-refractivity contribution in [3.05, 3.63) is 0 Å². The molecular weight excluding hydrogens is 1160 g/mol. The van der Waals surface area contributed by atoms with Crippen LogP contribution in [0.2, 0.25) is 0 Å². The third-order valence-corrected chi connectivity index (χ3v) is 18.3. The molecule has 0 saturated carbocycles. The standard InChI is InChI=1S/C69H134O17P2/c1-6-10-13-16-19-21-23-25-26-27-28-29-31-33-40-45-50-55-69(74)86-65(59-80-67(72)53-48-43-38-35-34-37-41-46-51-62(5)9-4)61-84-88(77,78)82-57-63(70)56-81-87(75,76)83-60-64(58-79-66(71)52-47-42-36-18-15-12-8-3)85-68(73)54-49-44-39-32-30-24-22-20-17-14-11-7-2/h62-65,70H,6-61H2,1-5H3,(H,75,76)(H,77,78)/t62?,63-,64+,65+/m0/s1. The monoisotopic (exact) mass is 1300 g/mol.